The van der Waals surface area contributed by atoms with E-state index in [-0.39, 0.29) is 24.7 Å². The van der Waals surface area contributed by atoms with Crippen molar-refractivity contribution >= 4 is 34.5 Å². The van der Waals surface area contributed by atoms with Gasteiger partial charge in [-0.2, -0.15) is 4.57 Å². The Bertz CT molecular complexity index is 1040. The van der Waals surface area contributed by atoms with Crippen LogP contribution >= 0.6 is 22.9 Å². The number of unbranched alkanes of at least 4 members (excludes halogenated alkanes) is 5. The first-order valence-electron chi connectivity index (χ1n) is 11.9. The second-order valence-electron chi connectivity index (χ2n) is 8.18. The van der Waals surface area contributed by atoms with Crippen LogP contribution in [0.3, 0.4) is 0 Å². The number of amides is 1. The first-order chi connectivity index (χ1) is 16.1. The van der Waals surface area contributed by atoms with E-state index in [2.05, 4.69) is 41.4 Å². The summed E-state index contributed by atoms with van der Waals surface area (Å²) in [6.45, 7) is 5.93. The maximum absolute atomic E-state index is 12.6. The van der Waals surface area contributed by atoms with E-state index in [0.29, 0.717) is 17.4 Å². The van der Waals surface area contributed by atoms with Crippen molar-refractivity contribution in [2.24, 2.45) is 0 Å². The molecule has 0 bridgehead atoms. The van der Waals surface area contributed by atoms with E-state index in [1.807, 2.05) is 36.4 Å². The Morgan fingerprint density at radius 1 is 1.06 bits per heavy atom. The fourth-order valence-electron chi connectivity index (χ4n) is 3.74. The number of rotatable bonds is 13. The number of benzene rings is 2. The SMILES string of the molecule is CCCCCCCCOc1ccc(CC(=O)Nc2cccc(-c3scc[n+]3CC)c2)cc1Cl.[Cl-]. The quantitative estimate of drug-likeness (QED) is 0.269. The number of thiazole rings is 1. The van der Waals surface area contributed by atoms with Crippen LogP contribution in [0.1, 0.15) is 57.9 Å². The number of halogens is 2. The Balaban J connectivity index is 0.00000408. The Kier molecular flexibility index (Phi) is 12.4. The van der Waals surface area contributed by atoms with Gasteiger partial charge in [-0.3, -0.25) is 4.79 Å². The van der Waals surface area contributed by atoms with Gasteiger partial charge < -0.3 is 22.5 Å². The predicted molar refractivity (Wildman–Crippen MR) is 138 cm³/mol. The minimum atomic E-state index is -0.0708. The standard InChI is InChI=1S/C27H33ClN2O2S.ClH/c1-3-5-6-7-8-9-16-32-25-14-13-21(18-24(25)28)19-26(31)29-23-12-10-11-22(20-23)27-30(4-2)15-17-33-27;/h10-15,17-18,20H,3-9,16,19H2,1-2H3;1H. The molecule has 3 rings (SSSR count). The smallest absolute Gasteiger partial charge is 0.269 e. The van der Waals surface area contributed by atoms with Crippen molar-refractivity contribution in [2.75, 3.05) is 11.9 Å². The van der Waals surface area contributed by atoms with Gasteiger partial charge >= 0.3 is 0 Å². The number of anilines is 1. The number of hydrogen-bond acceptors (Lipinski definition) is 3. The summed E-state index contributed by atoms with van der Waals surface area (Å²) in [6.07, 6.45) is 9.68. The summed E-state index contributed by atoms with van der Waals surface area (Å²) < 4.78 is 8.03. The van der Waals surface area contributed by atoms with Gasteiger partial charge in [-0.05, 0) is 49.2 Å². The van der Waals surface area contributed by atoms with Gasteiger partial charge in [0.2, 0.25) is 5.91 Å². The molecule has 7 heteroatoms. The molecule has 1 N–H and O–H groups in total. The van der Waals surface area contributed by atoms with E-state index in [9.17, 15) is 4.79 Å². The van der Waals surface area contributed by atoms with Crippen molar-refractivity contribution in [1.29, 1.82) is 0 Å². The number of hydrogen-bond donors (Lipinski definition) is 1. The van der Waals surface area contributed by atoms with Crippen LogP contribution in [0, 0.1) is 0 Å². The molecule has 0 radical (unpaired) electrons. The lowest BCUT2D eigenvalue weighted by Crippen LogP contribution is -3.00. The van der Waals surface area contributed by atoms with Gasteiger partial charge in [-0.15, -0.1) is 0 Å². The van der Waals surface area contributed by atoms with Crippen LogP contribution in [0.25, 0.3) is 10.6 Å². The van der Waals surface area contributed by atoms with Crippen molar-refractivity contribution in [3.63, 3.8) is 0 Å². The molecule has 0 fully saturated rings. The molecule has 1 aromatic heterocycles. The van der Waals surface area contributed by atoms with Gasteiger partial charge in [-0.1, -0.05) is 74.1 Å². The first kappa shape index (κ1) is 28.2. The molecule has 3 aromatic rings. The van der Waals surface area contributed by atoms with E-state index in [1.54, 1.807) is 11.3 Å². The van der Waals surface area contributed by atoms with Crippen molar-refractivity contribution in [2.45, 2.75) is 65.3 Å². The van der Waals surface area contributed by atoms with E-state index < -0.39 is 0 Å². The number of aromatic nitrogens is 1. The monoisotopic (exact) mass is 520 g/mol. The summed E-state index contributed by atoms with van der Waals surface area (Å²) in [5, 5.41) is 6.82. The fraction of sp³-hybridized carbons (Fsp3) is 0.407. The molecule has 184 valence electrons. The molecule has 34 heavy (non-hydrogen) atoms. The van der Waals surface area contributed by atoms with E-state index >= 15 is 0 Å². The molecule has 0 aliphatic heterocycles. The predicted octanol–water partition coefficient (Wildman–Crippen LogP) is 4.30. The second-order valence-corrected chi connectivity index (χ2v) is 9.48. The number of nitrogens with zero attached hydrogens (tertiary/aromatic N) is 1. The van der Waals surface area contributed by atoms with Crippen LogP contribution in [0.15, 0.2) is 54.0 Å². The molecule has 0 aliphatic rings. The van der Waals surface area contributed by atoms with Crippen LogP contribution in [-0.2, 0) is 17.8 Å². The third kappa shape index (κ3) is 8.61. The largest absolute Gasteiger partial charge is 1.00 e. The van der Waals surface area contributed by atoms with Gasteiger partial charge in [-0.25, -0.2) is 0 Å². The van der Waals surface area contributed by atoms with Crippen molar-refractivity contribution in [3.05, 3.63) is 64.6 Å². The lowest BCUT2D eigenvalue weighted by Gasteiger charge is -2.10. The highest BCUT2D eigenvalue weighted by Crippen LogP contribution is 2.27. The number of ether oxygens (including phenoxy) is 1. The molecule has 0 atom stereocenters. The lowest BCUT2D eigenvalue weighted by atomic mass is 10.1. The maximum Gasteiger partial charge on any atom is 0.269 e. The van der Waals surface area contributed by atoms with Crippen molar-refractivity contribution < 1.29 is 26.5 Å². The van der Waals surface area contributed by atoms with Crippen molar-refractivity contribution in [3.8, 4) is 16.3 Å². The van der Waals surface area contributed by atoms with Crippen LogP contribution < -0.4 is 27.0 Å². The minimum absolute atomic E-state index is 0. The molecule has 1 heterocycles. The molecule has 0 spiro atoms. The minimum Gasteiger partial charge on any atom is -1.00 e. The highest BCUT2D eigenvalue weighted by molar-refractivity contribution is 7.12. The molecule has 2 aromatic carbocycles. The third-order valence-electron chi connectivity index (χ3n) is 5.53. The topological polar surface area (TPSA) is 42.2 Å². The van der Waals surface area contributed by atoms with Gasteiger partial charge in [0.05, 0.1) is 29.0 Å². The zero-order valence-electron chi connectivity index (χ0n) is 20.0. The summed E-state index contributed by atoms with van der Waals surface area (Å²) in [5.41, 5.74) is 2.75. The highest BCUT2D eigenvalue weighted by Gasteiger charge is 2.14. The summed E-state index contributed by atoms with van der Waals surface area (Å²) in [4.78, 5) is 12.6. The Morgan fingerprint density at radius 2 is 1.85 bits per heavy atom. The molecule has 1 amide bonds. The molecule has 0 unspecified atom stereocenters. The zero-order valence-corrected chi connectivity index (χ0v) is 22.3. The molecular weight excluding hydrogens is 487 g/mol. The van der Waals surface area contributed by atoms with Crippen molar-refractivity contribution in [1.82, 2.24) is 0 Å². The number of carbonyl (C=O) groups excluding carboxylic acids is 1. The van der Waals surface area contributed by atoms with E-state index in [4.69, 9.17) is 16.3 Å². The van der Waals surface area contributed by atoms with E-state index in [0.717, 1.165) is 29.8 Å². The third-order valence-corrected chi connectivity index (χ3v) is 6.78. The highest BCUT2D eigenvalue weighted by atomic mass is 35.5. The van der Waals surface area contributed by atoms with Gasteiger partial charge in [0.15, 0.2) is 6.20 Å². The van der Waals surface area contributed by atoms with Gasteiger partial charge in [0.1, 0.15) is 12.3 Å². The number of nitrogens with one attached hydrogen (secondary N) is 1. The maximum atomic E-state index is 12.6. The molecular formula is C27H34Cl2N2O2S. The summed E-state index contributed by atoms with van der Waals surface area (Å²) in [5.74, 6) is 0.612. The van der Waals surface area contributed by atoms with Crippen LogP contribution in [-0.4, -0.2) is 12.5 Å². The molecule has 0 saturated heterocycles. The van der Waals surface area contributed by atoms with Crippen LogP contribution in [0.5, 0.6) is 5.75 Å². The Hall–Kier alpha value is -2.08. The van der Waals surface area contributed by atoms with Crippen LogP contribution in [0.2, 0.25) is 5.02 Å². The average molecular weight is 522 g/mol. The summed E-state index contributed by atoms with van der Waals surface area (Å²) in [7, 11) is 0. The molecule has 0 aliphatic carbocycles. The zero-order chi connectivity index (χ0) is 23.5. The molecule has 0 saturated carbocycles. The average Bonchev–Trinajstić information content (AvgIpc) is 3.29. The summed E-state index contributed by atoms with van der Waals surface area (Å²) >= 11 is 8.10. The summed E-state index contributed by atoms with van der Waals surface area (Å²) in [6, 6.07) is 13.6. The second kappa shape index (κ2) is 15.0. The number of aryl methyl sites for hydroxylation is 1. The Labute approximate surface area is 218 Å². The fourth-order valence-corrected chi connectivity index (χ4v) is 4.93. The first-order valence-corrected chi connectivity index (χ1v) is 13.1. The van der Waals surface area contributed by atoms with Gasteiger partial charge in [0.25, 0.3) is 5.01 Å². The Morgan fingerprint density at radius 3 is 2.62 bits per heavy atom. The van der Waals surface area contributed by atoms with E-state index in [1.165, 1.54) is 37.1 Å². The molecule has 4 nitrogen and oxygen atoms in total. The number of carbonyl (C=O) groups is 1. The normalized spacial score (nSPS) is 10.6. The van der Waals surface area contributed by atoms with Crippen LogP contribution in [0.4, 0.5) is 5.69 Å². The van der Waals surface area contributed by atoms with Gasteiger partial charge in [0, 0.05) is 5.69 Å². The lowest BCUT2D eigenvalue weighted by molar-refractivity contribution is -0.678.